The van der Waals surface area contributed by atoms with Gasteiger partial charge in [-0.2, -0.15) is 5.10 Å². The highest BCUT2D eigenvalue weighted by Crippen LogP contribution is 2.27. The Morgan fingerprint density at radius 2 is 1.94 bits per heavy atom. The molecule has 0 saturated carbocycles. The molecule has 18 heavy (non-hydrogen) atoms. The molecule has 0 bridgehead atoms. The van der Waals surface area contributed by atoms with Gasteiger partial charge in [-0.15, -0.1) is 0 Å². The van der Waals surface area contributed by atoms with Gasteiger partial charge in [-0.3, -0.25) is 0 Å². The molecule has 5 heteroatoms. The molecule has 3 nitrogen and oxygen atoms in total. The van der Waals surface area contributed by atoms with Gasteiger partial charge in [0.1, 0.15) is 16.7 Å². The van der Waals surface area contributed by atoms with Gasteiger partial charge in [-0.05, 0) is 30.3 Å². The predicted molar refractivity (Wildman–Crippen MR) is 70.5 cm³/mol. The van der Waals surface area contributed by atoms with Gasteiger partial charge < -0.3 is 5.73 Å². The number of nitrogens with zero attached hydrogens (tertiary/aromatic N) is 2. The van der Waals surface area contributed by atoms with Gasteiger partial charge in [0.25, 0.3) is 0 Å². The van der Waals surface area contributed by atoms with Crippen LogP contribution < -0.4 is 5.73 Å². The van der Waals surface area contributed by atoms with Crippen LogP contribution in [0.15, 0.2) is 42.5 Å². The molecule has 3 aromatic rings. The van der Waals surface area contributed by atoms with Crippen molar-refractivity contribution in [2.45, 2.75) is 0 Å². The Bertz CT molecular complexity index is 736. The molecule has 90 valence electrons. The number of fused-ring (bicyclic) bond motifs is 1. The molecular weight excluding hydrogens is 253 g/mol. The van der Waals surface area contributed by atoms with E-state index in [0.717, 1.165) is 5.39 Å². The van der Waals surface area contributed by atoms with Crippen LogP contribution in [-0.2, 0) is 0 Å². The minimum Gasteiger partial charge on any atom is -0.399 e. The van der Waals surface area contributed by atoms with Gasteiger partial charge in [0, 0.05) is 11.1 Å². The van der Waals surface area contributed by atoms with Crippen molar-refractivity contribution in [3.63, 3.8) is 0 Å². The molecule has 2 aromatic carbocycles. The lowest BCUT2D eigenvalue weighted by Crippen LogP contribution is -2.01. The van der Waals surface area contributed by atoms with E-state index >= 15 is 0 Å². The van der Waals surface area contributed by atoms with E-state index in [1.807, 2.05) is 24.3 Å². The minimum atomic E-state index is -0.418. The second kappa shape index (κ2) is 3.99. The monoisotopic (exact) mass is 261 g/mol. The van der Waals surface area contributed by atoms with Gasteiger partial charge in [-0.25, -0.2) is 9.07 Å². The molecule has 1 heterocycles. The summed E-state index contributed by atoms with van der Waals surface area (Å²) in [6, 6.07) is 11.7. The topological polar surface area (TPSA) is 43.8 Å². The highest BCUT2D eigenvalue weighted by Gasteiger charge is 2.13. The fourth-order valence-corrected chi connectivity index (χ4v) is 2.14. The maximum absolute atomic E-state index is 13.8. The van der Waals surface area contributed by atoms with Crippen LogP contribution in [0.5, 0.6) is 0 Å². The van der Waals surface area contributed by atoms with Gasteiger partial charge in [0.2, 0.25) is 0 Å². The molecule has 0 radical (unpaired) electrons. The highest BCUT2D eigenvalue weighted by molar-refractivity contribution is 6.34. The molecule has 0 aliphatic carbocycles. The summed E-state index contributed by atoms with van der Waals surface area (Å²) in [6.45, 7) is 0. The normalized spacial score (nSPS) is 11.0. The molecule has 1 aromatic heterocycles. The quantitative estimate of drug-likeness (QED) is 0.682. The lowest BCUT2D eigenvalue weighted by molar-refractivity contribution is 0.612. The SMILES string of the molecule is Nc1ccc(F)c(-n2nc3ccccc3c2Cl)c1. The van der Waals surface area contributed by atoms with Crippen LogP contribution in [-0.4, -0.2) is 9.78 Å². The Hall–Kier alpha value is -2.07. The number of nitrogen functional groups attached to an aromatic ring is 1. The summed E-state index contributed by atoms with van der Waals surface area (Å²) >= 11 is 6.21. The summed E-state index contributed by atoms with van der Waals surface area (Å²) in [7, 11) is 0. The van der Waals surface area contributed by atoms with E-state index in [-0.39, 0.29) is 5.69 Å². The number of hydrogen-bond acceptors (Lipinski definition) is 2. The number of nitrogens with two attached hydrogens (primary N) is 1. The van der Waals surface area contributed by atoms with Gasteiger partial charge in [-0.1, -0.05) is 23.7 Å². The van der Waals surface area contributed by atoms with E-state index in [1.165, 1.54) is 22.9 Å². The van der Waals surface area contributed by atoms with Crippen molar-refractivity contribution in [3.05, 3.63) is 53.4 Å². The third kappa shape index (κ3) is 1.62. The van der Waals surface area contributed by atoms with Crippen molar-refractivity contribution >= 4 is 28.2 Å². The largest absolute Gasteiger partial charge is 0.399 e. The van der Waals surface area contributed by atoms with Crippen molar-refractivity contribution in [3.8, 4) is 5.69 Å². The summed E-state index contributed by atoms with van der Waals surface area (Å²) in [5.74, 6) is -0.418. The highest BCUT2D eigenvalue weighted by atomic mass is 35.5. The predicted octanol–water partition coefficient (Wildman–Crippen LogP) is 3.40. The lowest BCUT2D eigenvalue weighted by Gasteiger charge is -2.05. The Labute approximate surface area is 108 Å². The Balaban J connectivity index is 2.31. The molecule has 0 saturated heterocycles. The Morgan fingerprint density at radius 1 is 1.17 bits per heavy atom. The van der Waals surface area contributed by atoms with Gasteiger partial charge in [0.15, 0.2) is 0 Å². The van der Waals surface area contributed by atoms with Crippen LogP contribution in [0.25, 0.3) is 16.6 Å². The zero-order valence-corrected chi connectivity index (χ0v) is 10.0. The van der Waals surface area contributed by atoms with Gasteiger partial charge >= 0.3 is 0 Å². The third-order valence-corrected chi connectivity index (χ3v) is 3.08. The van der Waals surface area contributed by atoms with Crippen LogP contribution in [0.2, 0.25) is 5.15 Å². The van der Waals surface area contributed by atoms with Crippen molar-refractivity contribution in [2.75, 3.05) is 5.73 Å². The van der Waals surface area contributed by atoms with Crippen molar-refractivity contribution in [1.82, 2.24) is 9.78 Å². The van der Waals surface area contributed by atoms with Crippen LogP contribution in [0, 0.1) is 5.82 Å². The summed E-state index contributed by atoms with van der Waals surface area (Å²) < 4.78 is 15.1. The summed E-state index contributed by atoms with van der Waals surface area (Å²) in [5, 5.41) is 5.42. The summed E-state index contributed by atoms with van der Waals surface area (Å²) in [6.07, 6.45) is 0. The Kier molecular flexibility index (Phi) is 2.45. The van der Waals surface area contributed by atoms with Crippen molar-refractivity contribution in [2.24, 2.45) is 0 Å². The summed E-state index contributed by atoms with van der Waals surface area (Å²) in [5.41, 5.74) is 7.08. The second-order valence-electron chi connectivity index (χ2n) is 3.93. The van der Waals surface area contributed by atoms with E-state index in [1.54, 1.807) is 0 Å². The minimum absolute atomic E-state index is 0.246. The summed E-state index contributed by atoms with van der Waals surface area (Å²) in [4.78, 5) is 0. The first-order valence-corrected chi connectivity index (χ1v) is 5.73. The standard InChI is InChI=1S/C13H9ClFN3/c14-13-9-3-1-2-4-11(9)17-18(13)12-7-8(16)5-6-10(12)15/h1-7H,16H2. The molecule has 2 N–H and O–H groups in total. The first kappa shape index (κ1) is 11.0. The number of rotatable bonds is 1. The zero-order chi connectivity index (χ0) is 12.7. The number of aromatic nitrogens is 2. The number of hydrogen-bond donors (Lipinski definition) is 1. The first-order valence-electron chi connectivity index (χ1n) is 5.35. The third-order valence-electron chi connectivity index (χ3n) is 2.72. The second-order valence-corrected chi connectivity index (χ2v) is 4.29. The van der Waals surface area contributed by atoms with Crippen LogP contribution in [0.4, 0.5) is 10.1 Å². The maximum atomic E-state index is 13.8. The average molecular weight is 262 g/mol. The van der Waals surface area contributed by atoms with Gasteiger partial charge in [0.05, 0.1) is 5.52 Å². The maximum Gasteiger partial charge on any atom is 0.149 e. The molecule has 0 amide bonds. The molecule has 0 spiro atoms. The number of halogens is 2. The van der Waals surface area contributed by atoms with Crippen molar-refractivity contribution < 1.29 is 4.39 Å². The van der Waals surface area contributed by atoms with Crippen LogP contribution in [0.1, 0.15) is 0 Å². The molecule has 0 fully saturated rings. The smallest absolute Gasteiger partial charge is 0.149 e. The zero-order valence-electron chi connectivity index (χ0n) is 9.27. The number of benzene rings is 2. The molecule has 0 aliphatic heterocycles. The Morgan fingerprint density at radius 3 is 2.72 bits per heavy atom. The fraction of sp³-hybridized carbons (Fsp3) is 0. The van der Waals surface area contributed by atoms with Crippen LogP contribution in [0.3, 0.4) is 0 Å². The van der Waals surface area contributed by atoms with Crippen molar-refractivity contribution in [1.29, 1.82) is 0 Å². The fourth-order valence-electron chi connectivity index (χ4n) is 1.85. The molecule has 3 rings (SSSR count). The van der Waals surface area contributed by atoms with E-state index < -0.39 is 5.82 Å². The molecule has 0 aliphatic rings. The first-order chi connectivity index (χ1) is 8.66. The lowest BCUT2D eigenvalue weighted by atomic mass is 10.2. The number of anilines is 1. The average Bonchev–Trinajstić information content (AvgIpc) is 2.71. The molecule has 0 atom stereocenters. The van der Waals surface area contributed by atoms with E-state index in [0.29, 0.717) is 16.4 Å². The van der Waals surface area contributed by atoms with E-state index in [2.05, 4.69) is 5.10 Å². The molecular formula is C13H9ClFN3. The van der Waals surface area contributed by atoms with E-state index in [9.17, 15) is 4.39 Å². The van der Waals surface area contributed by atoms with E-state index in [4.69, 9.17) is 17.3 Å². The van der Waals surface area contributed by atoms with Crippen LogP contribution >= 0.6 is 11.6 Å². The molecule has 0 unspecified atom stereocenters.